The molecule has 0 unspecified atom stereocenters. The van der Waals surface area contributed by atoms with Crippen LogP contribution in [-0.4, -0.2) is 25.5 Å². The van der Waals surface area contributed by atoms with Crippen molar-refractivity contribution < 1.29 is 4.79 Å². The van der Waals surface area contributed by atoms with Crippen molar-refractivity contribution in [3.63, 3.8) is 0 Å². The first-order valence-corrected chi connectivity index (χ1v) is 4.22. The van der Waals surface area contributed by atoms with Crippen molar-refractivity contribution >= 4 is 5.91 Å². The molecule has 0 radical (unpaired) electrons. The van der Waals surface area contributed by atoms with Gasteiger partial charge in [-0.05, 0) is 19.9 Å². The van der Waals surface area contributed by atoms with E-state index in [0.717, 1.165) is 19.5 Å². The zero-order valence-corrected chi connectivity index (χ0v) is 7.94. The number of carbonyl (C=O) groups excluding carboxylic acids is 1. The highest BCUT2D eigenvalue weighted by atomic mass is 16.1. The molecule has 12 heavy (non-hydrogen) atoms. The molecule has 0 saturated carbocycles. The number of hydrogen-bond acceptors (Lipinski definition) is 2. The molecule has 0 heterocycles. The highest BCUT2D eigenvalue weighted by Crippen LogP contribution is 1.90. The van der Waals surface area contributed by atoms with E-state index in [1.54, 1.807) is 0 Å². The number of amides is 1. The fourth-order valence-electron chi connectivity index (χ4n) is 0.754. The quantitative estimate of drug-likeness (QED) is 0.454. The van der Waals surface area contributed by atoms with Gasteiger partial charge in [0, 0.05) is 20.0 Å². The molecule has 0 aromatic heterocycles. The first kappa shape index (κ1) is 11.2. The molecule has 2 N–H and O–H groups in total. The SMILES string of the molecule is C=C(C)CCNCCNC(C)=O. The van der Waals surface area contributed by atoms with Gasteiger partial charge in [-0.15, -0.1) is 6.58 Å². The van der Waals surface area contributed by atoms with Crippen molar-refractivity contribution in [3.05, 3.63) is 12.2 Å². The van der Waals surface area contributed by atoms with Crippen LogP contribution in [0.5, 0.6) is 0 Å². The first-order valence-electron chi connectivity index (χ1n) is 4.22. The maximum Gasteiger partial charge on any atom is 0.216 e. The Labute approximate surface area is 74.2 Å². The third-order valence-corrected chi connectivity index (χ3v) is 1.40. The molecule has 0 rings (SSSR count). The summed E-state index contributed by atoms with van der Waals surface area (Å²) in [5.41, 5.74) is 1.18. The fourth-order valence-corrected chi connectivity index (χ4v) is 0.754. The van der Waals surface area contributed by atoms with E-state index in [1.807, 2.05) is 6.92 Å². The fraction of sp³-hybridized carbons (Fsp3) is 0.667. The Balaban J connectivity index is 3.01. The van der Waals surface area contributed by atoms with Crippen LogP contribution in [0.2, 0.25) is 0 Å². The van der Waals surface area contributed by atoms with E-state index in [1.165, 1.54) is 12.5 Å². The monoisotopic (exact) mass is 170 g/mol. The van der Waals surface area contributed by atoms with Crippen LogP contribution < -0.4 is 10.6 Å². The molecule has 0 bridgehead atoms. The van der Waals surface area contributed by atoms with Gasteiger partial charge in [0.1, 0.15) is 0 Å². The van der Waals surface area contributed by atoms with E-state index in [0.29, 0.717) is 6.54 Å². The molecule has 3 nitrogen and oxygen atoms in total. The zero-order valence-electron chi connectivity index (χ0n) is 7.94. The summed E-state index contributed by atoms with van der Waals surface area (Å²) in [5.74, 6) is 0.0247. The summed E-state index contributed by atoms with van der Waals surface area (Å²) in [7, 11) is 0. The number of nitrogens with one attached hydrogen (secondary N) is 2. The Kier molecular flexibility index (Phi) is 6.38. The van der Waals surface area contributed by atoms with Gasteiger partial charge in [-0.3, -0.25) is 4.79 Å². The predicted molar refractivity (Wildman–Crippen MR) is 51.0 cm³/mol. The van der Waals surface area contributed by atoms with Crippen LogP contribution in [-0.2, 0) is 4.79 Å². The van der Waals surface area contributed by atoms with Crippen molar-refractivity contribution in [2.24, 2.45) is 0 Å². The Morgan fingerprint density at radius 2 is 1.92 bits per heavy atom. The summed E-state index contributed by atoms with van der Waals surface area (Å²) in [4.78, 5) is 10.4. The lowest BCUT2D eigenvalue weighted by molar-refractivity contribution is -0.118. The summed E-state index contributed by atoms with van der Waals surface area (Å²) in [6.07, 6.45) is 1.00. The smallest absolute Gasteiger partial charge is 0.216 e. The molecule has 0 fully saturated rings. The molecule has 0 aromatic carbocycles. The van der Waals surface area contributed by atoms with Crippen molar-refractivity contribution in [1.82, 2.24) is 10.6 Å². The summed E-state index contributed by atoms with van der Waals surface area (Å²) < 4.78 is 0. The third kappa shape index (κ3) is 9.17. The Morgan fingerprint density at radius 3 is 2.42 bits per heavy atom. The van der Waals surface area contributed by atoms with Crippen molar-refractivity contribution in [2.75, 3.05) is 19.6 Å². The van der Waals surface area contributed by atoms with E-state index in [2.05, 4.69) is 17.2 Å². The van der Waals surface area contributed by atoms with E-state index in [9.17, 15) is 4.79 Å². The van der Waals surface area contributed by atoms with Crippen LogP contribution in [0.15, 0.2) is 12.2 Å². The number of rotatable bonds is 6. The molecule has 0 atom stereocenters. The molecule has 3 heteroatoms. The second-order valence-electron chi connectivity index (χ2n) is 2.94. The highest BCUT2D eigenvalue weighted by Gasteiger charge is 1.90. The molecular formula is C9H18N2O. The molecular weight excluding hydrogens is 152 g/mol. The van der Waals surface area contributed by atoms with Crippen molar-refractivity contribution in [2.45, 2.75) is 20.3 Å². The predicted octanol–water partition coefficient (Wildman–Crippen LogP) is 0.678. The second-order valence-corrected chi connectivity index (χ2v) is 2.94. The van der Waals surface area contributed by atoms with E-state index >= 15 is 0 Å². The van der Waals surface area contributed by atoms with Crippen LogP contribution in [0.1, 0.15) is 20.3 Å². The van der Waals surface area contributed by atoms with Crippen molar-refractivity contribution in [1.29, 1.82) is 0 Å². The van der Waals surface area contributed by atoms with Gasteiger partial charge in [-0.1, -0.05) is 5.57 Å². The average molecular weight is 170 g/mol. The Morgan fingerprint density at radius 1 is 1.25 bits per heavy atom. The van der Waals surface area contributed by atoms with Crippen molar-refractivity contribution in [3.8, 4) is 0 Å². The van der Waals surface area contributed by atoms with E-state index in [4.69, 9.17) is 0 Å². The van der Waals surface area contributed by atoms with Gasteiger partial charge >= 0.3 is 0 Å². The van der Waals surface area contributed by atoms with Crippen LogP contribution in [0.3, 0.4) is 0 Å². The zero-order chi connectivity index (χ0) is 9.40. The van der Waals surface area contributed by atoms with Gasteiger partial charge in [-0.25, -0.2) is 0 Å². The molecule has 0 aliphatic heterocycles. The van der Waals surface area contributed by atoms with Crippen LogP contribution in [0, 0.1) is 0 Å². The third-order valence-electron chi connectivity index (χ3n) is 1.40. The van der Waals surface area contributed by atoms with Gasteiger partial charge < -0.3 is 10.6 Å². The number of hydrogen-bond donors (Lipinski definition) is 2. The first-order chi connectivity index (χ1) is 5.63. The maximum absolute atomic E-state index is 10.4. The second kappa shape index (κ2) is 6.85. The van der Waals surface area contributed by atoms with Crippen LogP contribution in [0.4, 0.5) is 0 Å². The molecule has 0 aliphatic carbocycles. The Hall–Kier alpha value is -0.830. The van der Waals surface area contributed by atoms with Gasteiger partial charge in [0.15, 0.2) is 0 Å². The highest BCUT2D eigenvalue weighted by molar-refractivity contribution is 5.72. The van der Waals surface area contributed by atoms with Crippen LogP contribution >= 0.6 is 0 Å². The molecule has 0 saturated heterocycles. The van der Waals surface area contributed by atoms with Gasteiger partial charge in [-0.2, -0.15) is 0 Å². The molecule has 70 valence electrons. The summed E-state index contributed by atoms with van der Waals surface area (Å²) >= 11 is 0. The van der Waals surface area contributed by atoms with E-state index in [-0.39, 0.29) is 5.91 Å². The Bertz CT molecular complexity index is 137. The molecule has 0 aliphatic rings. The number of carbonyl (C=O) groups is 1. The summed E-state index contributed by atoms with van der Waals surface area (Å²) in [6, 6.07) is 0. The lowest BCUT2D eigenvalue weighted by Gasteiger charge is -2.04. The normalized spacial score (nSPS) is 9.50. The van der Waals surface area contributed by atoms with Gasteiger partial charge in [0.2, 0.25) is 5.91 Å². The molecule has 0 spiro atoms. The lowest BCUT2D eigenvalue weighted by Crippen LogP contribution is -2.30. The molecule has 0 aromatic rings. The molecule has 1 amide bonds. The minimum Gasteiger partial charge on any atom is -0.355 e. The van der Waals surface area contributed by atoms with Gasteiger partial charge in [0.25, 0.3) is 0 Å². The average Bonchev–Trinajstić information content (AvgIpc) is 1.95. The summed E-state index contributed by atoms with van der Waals surface area (Å²) in [5, 5.41) is 5.91. The largest absolute Gasteiger partial charge is 0.355 e. The minimum absolute atomic E-state index is 0.0247. The van der Waals surface area contributed by atoms with Gasteiger partial charge in [0.05, 0.1) is 0 Å². The lowest BCUT2D eigenvalue weighted by atomic mass is 10.2. The van der Waals surface area contributed by atoms with Crippen LogP contribution in [0.25, 0.3) is 0 Å². The minimum atomic E-state index is 0.0247. The van der Waals surface area contributed by atoms with E-state index < -0.39 is 0 Å². The topological polar surface area (TPSA) is 41.1 Å². The standard InChI is InChI=1S/C9H18N2O/c1-8(2)4-5-10-6-7-11-9(3)12/h10H,1,4-7H2,2-3H3,(H,11,12). The summed E-state index contributed by atoms with van der Waals surface area (Å²) in [6.45, 7) is 9.79. The maximum atomic E-state index is 10.4.